The average molecular weight is 587 g/mol. The van der Waals surface area contributed by atoms with E-state index in [9.17, 15) is 22.4 Å². The summed E-state index contributed by atoms with van der Waals surface area (Å²) < 4.78 is 63.8. The quantitative estimate of drug-likeness (QED) is 0.257. The summed E-state index contributed by atoms with van der Waals surface area (Å²) in [6.45, 7) is -1.53. The molecule has 0 aliphatic carbocycles. The summed E-state index contributed by atoms with van der Waals surface area (Å²) in [5.74, 6) is -0.796. The Hall–Kier alpha value is -3.72. The number of carbonyl (C=O) groups is 1. The molecule has 196 valence electrons. The van der Waals surface area contributed by atoms with Crippen LogP contribution in [0.15, 0.2) is 67.1 Å². The minimum atomic E-state index is -4.67. The van der Waals surface area contributed by atoms with Gasteiger partial charge >= 0.3 is 193 Å². The molecule has 2 aromatic carbocycles. The molecule has 3 heterocycles. The van der Waals surface area contributed by atoms with E-state index in [0.29, 0.717) is 21.9 Å². The van der Waals surface area contributed by atoms with E-state index < -0.39 is 46.2 Å². The third-order valence-corrected chi connectivity index (χ3v) is 8.87. The first kappa shape index (κ1) is 25.9. The zero-order valence-electron chi connectivity index (χ0n) is 20.1. The fourth-order valence-electron chi connectivity index (χ4n) is 4.45. The van der Waals surface area contributed by atoms with Crippen LogP contribution in [0, 0.1) is 5.82 Å². The number of rotatable bonds is 6. The molecule has 2 atom stereocenters. The molecule has 12 heteroatoms. The molecule has 0 spiro atoms. The number of alkyl halides is 3. The predicted molar refractivity (Wildman–Crippen MR) is 135 cm³/mol. The van der Waals surface area contributed by atoms with Crippen LogP contribution >= 0.6 is 0 Å². The van der Waals surface area contributed by atoms with Gasteiger partial charge in [0.25, 0.3) is 0 Å². The van der Waals surface area contributed by atoms with E-state index in [-0.39, 0.29) is 24.1 Å². The van der Waals surface area contributed by atoms with Crippen LogP contribution < -0.4 is 18.3 Å². The van der Waals surface area contributed by atoms with Crippen LogP contribution in [0.25, 0.3) is 11.3 Å². The van der Waals surface area contributed by atoms with Crippen molar-refractivity contribution in [1.82, 2.24) is 20.0 Å². The van der Waals surface area contributed by atoms with E-state index >= 15 is 0 Å². The van der Waals surface area contributed by atoms with Crippen LogP contribution in [0.2, 0.25) is 0 Å². The maximum absolute atomic E-state index is 14.5. The summed E-state index contributed by atoms with van der Waals surface area (Å²) in [5, 5.41) is 8.25. The summed E-state index contributed by atoms with van der Waals surface area (Å²) >= 11 is -0.698. The summed E-state index contributed by atoms with van der Waals surface area (Å²) in [5.41, 5.74) is 1.11. The van der Waals surface area contributed by atoms with Crippen molar-refractivity contribution in [2.24, 2.45) is 0 Å². The third kappa shape index (κ3) is 5.43. The van der Waals surface area contributed by atoms with Gasteiger partial charge in [-0.1, -0.05) is 6.07 Å². The second-order valence-corrected chi connectivity index (χ2v) is 11.6. The van der Waals surface area contributed by atoms with Gasteiger partial charge in [0.2, 0.25) is 0 Å². The number of amides is 1. The Bertz CT molecular complexity index is 1460. The molecule has 2 aromatic heterocycles. The minimum absolute atomic E-state index is 0.0718. The van der Waals surface area contributed by atoms with E-state index in [0.717, 1.165) is 8.70 Å². The monoisotopic (exact) mass is 587 g/mol. The van der Waals surface area contributed by atoms with Crippen molar-refractivity contribution in [1.29, 1.82) is 0 Å². The van der Waals surface area contributed by atoms with Gasteiger partial charge in [-0.05, 0) is 6.07 Å². The number of pyridine rings is 1. The molecule has 0 N–H and O–H groups in total. The van der Waals surface area contributed by atoms with Crippen LogP contribution in [0.1, 0.15) is 18.0 Å². The second kappa shape index (κ2) is 10.6. The van der Waals surface area contributed by atoms with E-state index in [1.54, 1.807) is 13.3 Å². The van der Waals surface area contributed by atoms with Crippen LogP contribution in [0.5, 0.6) is 5.75 Å². The molecule has 5 rings (SSSR count). The summed E-state index contributed by atoms with van der Waals surface area (Å²) in [4.78, 5) is 18.1. The fraction of sp³-hybridized carbons (Fsp3) is 0.231. The molecule has 0 radical (unpaired) electrons. The zero-order chi connectivity index (χ0) is 26.9. The Labute approximate surface area is 222 Å². The Morgan fingerprint density at radius 1 is 1.16 bits per heavy atom. The van der Waals surface area contributed by atoms with E-state index in [2.05, 4.69) is 15.3 Å². The van der Waals surface area contributed by atoms with Gasteiger partial charge in [-0.25, -0.2) is 4.39 Å². The van der Waals surface area contributed by atoms with Gasteiger partial charge in [0.15, 0.2) is 0 Å². The molecule has 1 amide bonds. The first-order valence-electron chi connectivity index (χ1n) is 11.7. The van der Waals surface area contributed by atoms with E-state index in [1.807, 2.05) is 36.5 Å². The molecule has 1 aliphatic rings. The number of ether oxygens (including phenoxy) is 1. The Morgan fingerprint density at radius 2 is 2.00 bits per heavy atom. The number of fused-ring (bicyclic) bond motifs is 1. The van der Waals surface area contributed by atoms with Crippen molar-refractivity contribution in [3.63, 3.8) is 0 Å². The summed E-state index contributed by atoms with van der Waals surface area (Å²) in [7, 11) is 1.57. The maximum atomic E-state index is 14.5. The average Bonchev–Trinajstić information content (AvgIpc) is 3.33. The van der Waals surface area contributed by atoms with Crippen molar-refractivity contribution >= 4 is 36.0 Å². The number of anilines is 1. The first-order chi connectivity index (χ1) is 18.2. The standard InChI is InChI=1S/C26H22AsF4N5O2/c1-38-24-12-16(7-9-19(24)27-17-4-3-11-32-13-17)21-14-36(34-33-21)23-10-8-18-20(28)5-2-6-22(18)35(25(23)37)15-26(29,30)31/h2-7,9,11-14,23,27H,8,10,15H2,1H3. The molecule has 0 fully saturated rings. The molecule has 1 aliphatic heterocycles. The first-order valence-corrected chi connectivity index (χ1v) is 13.8. The van der Waals surface area contributed by atoms with E-state index in [4.69, 9.17) is 4.74 Å². The van der Waals surface area contributed by atoms with Crippen LogP contribution in [0.3, 0.4) is 0 Å². The number of benzene rings is 2. The number of aromatic nitrogens is 4. The number of carbonyl (C=O) groups excluding carboxylic acids is 1. The predicted octanol–water partition coefficient (Wildman–Crippen LogP) is 2.96. The van der Waals surface area contributed by atoms with Gasteiger partial charge in [0.05, 0.1) is 0 Å². The van der Waals surface area contributed by atoms with Crippen molar-refractivity contribution in [3.8, 4) is 17.0 Å². The molecule has 0 saturated carbocycles. The number of hydrogen-bond donors (Lipinski definition) is 0. The molecular weight excluding hydrogens is 565 g/mol. The molecule has 2 unspecified atom stereocenters. The topological polar surface area (TPSA) is 73.1 Å². The molecule has 0 saturated heterocycles. The van der Waals surface area contributed by atoms with Crippen molar-refractivity contribution in [3.05, 3.63) is 78.5 Å². The molecule has 7 nitrogen and oxygen atoms in total. The Morgan fingerprint density at radius 3 is 2.74 bits per heavy atom. The molecule has 4 aromatic rings. The van der Waals surface area contributed by atoms with Gasteiger partial charge < -0.3 is 0 Å². The zero-order valence-corrected chi connectivity index (χ0v) is 22.2. The third-order valence-electron chi connectivity index (χ3n) is 6.21. The van der Waals surface area contributed by atoms with Gasteiger partial charge in [0.1, 0.15) is 0 Å². The van der Waals surface area contributed by atoms with Crippen LogP contribution in [0.4, 0.5) is 23.2 Å². The van der Waals surface area contributed by atoms with Crippen molar-refractivity contribution in [2.45, 2.75) is 25.1 Å². The van der Waals surface area contributed by atoms with Gasteiger partial charge in [-0.3, -0.25) is 0 Å². The fourth-order valence-corrected chi connectivity index (χ4v) is 6.74. The Kier molecular flexibility index (Phi) is 7.21. The number of methoxy groups -OCH3 is 1. The molecule has 0 bridgehead atoms. The SMILES string of the molecule is COc1cc(-c2cn(C3CCc4c(F)cccc4N(CC(F)(F)F)C3=O)nn2)ccc1[AsH]c1cccnc1. The van der Waals surface area contributed by atoms with E-state index in [1.165, 1.54) is 29.1 Å². The van der Waals surface area contributed by atoms with Gasteiger partial charge in [-0.15, -0.1) is 0 Å². The second-order valence-electron chi connectivity index (χ2n) is 8.70. The summed E-state index contributed by atoms with van der Waals surface area (Å²) in [6, 6.07) is 12.3. The van der Waals surface area contributed by atoms with Crippen molar-refractivity contribution in [2.75, 3.05) is 18.6 Å². The normalized spacial score (nSPS) is 16.1. The number of hydrogen-bond acceptors (Lipinski definition) is 5. The number of nitrogens with zero attached hydrogens (tertiary/aromatic N) is 5. The molecule has 38 heavy (non-hydrogen) atoms. The van der Waals surface area contributed by atoms with Crippen LogP contribution in [-0.2, 0) is 11.2 Å². The summed E-state index contributed by atoms with van der Waals surface area (Å²) in [6.07, 6.45) is 0.543. The van der Waals surface area contributed by atoms with Crippen LogP contribution in [-0.4, -0.2) is 61.5 Å². The number of halogens is 4. The van der Waals surface area contributed by atoms with Gasteiger partial charge in [0, 0.05) is 0 Å². The van der Waals surface area contributed by atoms with Gasteiger partial charge in [-0.2, -0.15) is 13.2 Å². The van der Waals surface area contributed by atoms with Crippen molar-refractivity contribution < 1.29 is 27.1 Å². The Balaban J connectivity index is 1.44. The molecular formula is C26H22AsF4N5O2.